The molecular weight excluding hydrogens is 398 g/mol. The minimum Gasteiger partial charge on any atom is -0.467 e. The van der Waals surface area contributed by atoms with Gasteiger partial charge in [0.25, 0.3) is 0 Å². The fourth-order valence-corrected chi connectivity index (χ4v) is 3.92. The maximum Gasteiger partial charge on any atom is 0.328 e. The second-order valence-electron chi connectivity index (χ2n) is 7.01. The van der Waals surface area contributed by atoms with Crippen LogP contribution in [0.2, 0.25) is 0 Å². The summed E-state index contributed by atoms with van der Waals surface area (Å²) in [6, 6.07) is 17.1. The molecule has 1 aromatic heterocycles. The van der Waals surface area contributed by atoms with Gasteiger partial charge in [-0.1, -0.05) is 86.6 Å². The van der Waals surface area contributed by atoms with Crippen LogP contribution in [0.25, 0.3) is 22.0 Å². The summed E-state index contributed by atoms with van der Waals surface area (Å²) < 4.78 is 4.83. The molecule has 6 nitrogen and oxygen atoms in total. The molecule has 0 aliphatic heterocycles. The van der Waals surface area contributed by atoms with Crippen LogP contribution in [0.15, 0.2) is 59.6 Å². The van der Waals surface area contributed by atoms with E-state index in [1.165, 1.54) is 18.9 Å². The Bertz CT molecular complexity index is 1030. The van der Waals surface area contributed by atoms with E-state index in [9.17, 15) is 9.59 Å². The predicted octanol–water partition coefficient (Wildman–Crippen LogP) is 4.09. The van der Waals surface area contributed by atoms with Gasteiger partial charge in [0.1, 0.15) is 16.8 Å². The third-order valence-electron chi connectivity index (χ3n) is 5.03. The summed E-state index contributed by atoms with van der Waals surface area (Å²) in [5, 5.41) is 14.2. The number of hydrogen-bond acceptors (Lipinski definition) is 6. The van der Waals surface area contributed by atoms with Crippen molar-refractivity contribution >= 4 is 34.4 Å². The van der Waals surface area contributed by atoms with E-state index >= 15 is 0 Å². The van der Waals surface area contributed by atoms with Crippen LogP contribution in [0, 0.1) is 5.92 Å². The van der Waals surface area contributed by atoms with Crippen molar-refractivity contribution in [3.05, 3.63) is 54.6 Å². The molecule has 0 aliphatic rings. The van der Waals surface area contributed by atoms with Crippen LogP contribution in [-0.2, 0) is 14.3 Å². The zero-order valence-corrected chi connectivity index (χ0v) is 18.1. The minimum atomic E-state index is -0.656. The number of methoxy groups -OCH3 is 1. The summed E-state index contributed by atoms with van der Waals surface area (Å²) in [6.07, 6.45) is 0.754. The van der Waals surface area contributed by atoms with Gasteiger partial charge in [0.15, 0.2) is 0 Å². The topological polar surface area (TPSA) is 81.2 Å². The van der Waals surface area contributed by atoms with E-state index in [1.807, 2.05) is 68.4 Å². The van der Waals surface area contributed by atoms with Gasteiger partial charge in [0.05, 0.1) is 12.9 Å². The van der Waals surface area contributed by atoms with Crippen molar-refractivity contribution in [2.45, 2.75) is 31.3 Å². The molecule has 0 fully saturated rings. The molecule has 3 rings (SSSR count). The summed E-state index contributed by atoms with van der Waals surface area (Å²) >= 11 is 1.30. The highest BCUT2D eigenvalue weighted by Crippen LogP contribution is 2.31. The lowest BCUT2D eigenvalue weighted by molar-refractivity contribution is -0.146. The Hall–Kier alpha value is -2.93. The Balaban J connectivity index is 1.78. The Morgan fingerprint density at radius 3 is 2.37 bits per heavy atom. The van der Waals surface area contributed by atoms with Crippen LogP contribution in [-0.4, -0.2) is 41.0 Å². The van der Waals surface area contributed by atoms with Gasteiger partial charge in [-0.25, -0.2) is 4.79 Å². The van der Waals surface area contributed by atoms with Crippen molar-refractivity contribution in [1.29, 1.82) is 0 Å². The molecule has 0 spiro atoms. The van der Waals surface area contributed by atoms with E-state index in [0.717, 1.165) is 28.5 Å². The second kappa shape index (κ2) is 10.2. The molecular formula is C23H25N3O3S. The summed E-state index contributed by atoms with van der Waals surface area (Å²) in [5.74, 6) is -0.557. The maximum absolute atomic E-state index is 12.5. The highest BCUT2D eigenvalue weighted by molar-refractivity contribution is 8.00. The Morgan fingerprint density at radius 2 is 1.70 bits per heavy atom. The average Bonchev–Trinajstić information content (AvgIpc) is 2.80. The summed E-state index contributed by atoms with van der Waals surface area (Å²) in [5.41, 5.74) is 1.80. The van der Waals surface area contributed by atoms with Crippen molar-refractivity contribution in [2.75, 3.05) is 12.9 Å². The van der Waals surface area contributed by atoms with Gasteiger partial charge in [-0.15, -0.1) is 10.2 Å². The number of rotatable bonds is 8. The number of thioether (sulfide) groups is 1. The summed E-state index contributed by atoms with van der Waals surface area (Å²) in [7, 11) is 1.33. The van der Waals surface area contributed by atoms with Crippen molar-refractivity contribution < 1.29 is 14.3 Å². The Labute approximate surface area is 180 Å². The molecule has 0 saturated heterocycles. The second-order valence-corrected chi connectivity index (χ2v) is 7.97. The summed E-state index contributed by atoms with van der Waals surface area (Å²) in [4.78, 5) is 24.5. The van der Waals surface area contributed by atoms with Crippen LogP contribution in [0.5, 0.6) is 0 Å². The van der Waals surface area contributed by atoms with Crippen molar-refractivity contribution in [1.82, 2.24) is 15.5 Å². The van der Waals surface area contributed by atoms with E-state index < -0.39 is 12.0 Å². The SMILES string of the molecule is CC[C@H](C)[C@H](NC(=O)CSc1nnc(-c2ccccc2)c2ccccc12)C(=O)OC. The van der Waals surface area contributed by atoms with Crippen LogP contribution >= 0.6 is 11.8 Å². The molecule has 1 heterocycles. The molecule has 0 radical (unpaired) electrons. The van der Waals surface area contributed by atoms with Gasteiger partial charge < -0.3 is 10.1 Å². The fourth-order valence-electron chi connectivity index (χ4n) is 3.14. The highest BCUT2D eigenvalue weighted by Gasteiger charge is 2.26. The lowest BCUT2D eigenvalue weighted by Crippen LogP contribution is -2.46. The normalized spacial score (nSPS) is 12.9. The molecule has 0 aliphatic carbocycles. The molecule has 3 aromatic rings. The average molecular weight is 424 g/mol. The number of benzene rings is 2. The minimum absolute atomic E-state index is 0.0165. The predicted molar refractivity (Wildman–Crippen MR) is 119 cm³/mol. The quantitative estimate of drug-likeness (QED) is 0.434. The lowest BCUT2D eigenvalue weighted by Gasteiger charge is -2.21. The monoisotopic (exact) mass is 423 g/mol. The molecule has 156 valence electrons. The third-order valence-corrected chi connectivity index (χ3v) is 6.01. The Kier molecular flexibility index (Phi) is 7.41. The molecule has 2 atom stereocenters. The third kappa shape index (κ3) is 4.97. The first kappa shape index (κ1) is 21.8. The maximum atomic E-state index is 12.5. The molecule has 2 aromatic carbocycles. The molecule has 7 heteroatoms. The zero-order valence-electron chi connectivity index (χ0n) is 17.3. The molecule has 1 amide bonds. The first-order chi connectivity index (χ1) is 14.5. The summed E-state index contributed by atoms with van der Waals surface area (Å²) in [6.45, 7) is 3.88. The first-order valence-electron chi connectivity index (χ1n) is 9.86. The standard InChI is InChI=1S/C23H25N3O3S/c1-4-15(2)20(23(28)29-3)24-19(27)14-30-22-18-13-9-8-12-17(18)21(25-26-22)16-10-6-5-7-11-16/h5-13,15,20H,4,14H2,1-3H3,(H,24,27)/t15-,20-/m0/s1. The number of aromatic nitrogens is 2. The van der Waals surface area contributed by atoms with E-state index in [0.29, 0.717) is 5.03 Å². The van der Waals surface area contributed by atoms with Gasteiger partial charge >= 0.3 is 5.97 Å². The lowest BCUT2D eigenvalue weighted by atomic mass is 9.99. The highest BCUT2D eigenvalue weighted by atomic mass is 32.2. The van der Waals surface area contributed by atoms with E-state index in [1.54, 1.807) is 0 Å². The van der Waals surface area contributed by atoms with Gasteiger partial charge in [-0.2, -0.15) is 0 Å². The van der Waals surface area contributed by atoms with Crippen molar-refractivity contribution in [3.8, 4) is 11.3 Å². The molecule has 30 heavy (non-hydrogen) atoms. The smallest absolute Gasteiger partial charge is 0.328 e. The van der Waals surface area contributed by atoms with Gasteiger partial charge in [0.2, 0.25) is 5.91 Å². The number of ether oxygens (including phenoxy) is 1. The van der Waals surface area contributed by atoms with Crippen LogP contribution in [0.1, 0.15) is 20.3 Å². The molecule has 0 unspecified atom stereocenters. The van der Waals surface area contributed by atoms with E-state index in [-0.39, 0.29) is 17.6 Å². The molecule has 0 bridgehead atoms. The van der Waals surface area contributed by atoms with Gasteiger partial charge in [-0.3, -0.25) is 4.79 Å². The first-order valence-corrected chi connectivity index (χ1v) is 10.8. The number of nitrogens with zero attached hydrogens (tertiary/aromatic N) is 2. The van der Waals surface area contributed by atoms with Gasteiger partial charge in [-0.05, 0) is 5.92 Å². The largest absolute Gasteiger partial charge is 0.467 e. The zero-order chi connectivity index (χ0) is 21.5. The molecule has 0 saturated carbocycles. The Morgan fingerprint density at radius 1 is 1.03 bits per heavy atom. The number of carbonyl (C=O) groups excluding carboxylic acids is 2. The number of hydrogen-bond donors (Lipinski definition) is 1. The van der Waals surface area contributed by atoms with E-state index in [2.05, 4.69) is 15.5 Å². The fraction of sp³-hybridized carbons (Fsp3) is 0.304. The van der Waals surface area contributed by atoms with Crippen molar-refractivity contribution in [3.63, 3.8) is 0 Å². The van der Waals surface area contributed by atoms with E-state index in [4.69, 9.17) is 4.74 Å². The van der Waals surface area contributed by atoms with Crippen LogP contribution in [0.3, 0.4) is 0 Å². The van der Waals surface area contributed by atoms with Crippen LogP contribution < -0.4 is 5.32 Å². The number of carbonyl (C=O) groups is 2. The number of amides is 1. The number of fused-ring (bicyclic) bond motifs is 1. The van der Waals surface area contributed by atoms with Crippen molar-refractivity contribution in [2.24, 2.45) is 5.92 Å². The molecule has 1 N–H and O–H groups in total. The number of esters is 1. The van der Waals surface area contributed by atoms with Gasteiger partial charge in [0, 0.05) is 16.3 Å². The van der Waals surface area contributed by atoms with Crippen LogP contribution in [0.4, 0.5) is 0 Å². The number of nitrogens with one attached hydrogen (secondary N) is 1.